The summed E-state index contributed by atoms with van der Waals surface area (Å²) in [5.41, 5.74) is 0.0930. The quantitative estimate of drug-likeness (QED) is 0.214. The maximum Gasteiger partial charge on any atom is 0.241 e. The molecular weight excluding hydrogens is 690 g/mol. The second-order valence-corrected chi connectivity index (χ2v) is 13.4. The minimum atomic E-state index is -1.32. The summed E-state index contributed by atoms with van der Waals surface area (Å²) in [4.78, 5) is 58.5. The number of carbonyl (C=O) groups excluding carboxylic acids is 4. The largest absolute Gasteiger partial charge is 0.463 e. The molecule has 0 radical (unpaired) electrons. The number of amides is 4. The topological polar surface area (TPSA) is 108 Å². The molecule has 220 valence electrons. The van der Waals surface area contributed by atoms with Crippen molar-refractivity contribution in [2.75, 3.05) is 9.80 Å². The van der Waals surface area contributed by atoms with Crippen LogP contribution in [0.4, 0.5) is 15.8 Å². The van der Waals surface area contributed by atoms with E-state index in [1.807, 2.05) is 18.2 Å². The number of fused-ring (bicyclic) bond motifs is 4. The van der Waals surface area contributed by atoms with Gasteiger partial charge < -0.3 is 9.52 Å². The maximum atomic E-state index is 14.3. The first kappa shape index (κ1) is 28.4. The van der Waals surface area contributed by atoms with Gasteiger partial charge in [-0.05, 0) is 103 Å². The molecule has 1 saturated carbocycles. The van der Waals surface area contributed by atoms with Crippen molar-refractivity contribution >= 4 is 69.2 Å². The Morgan fingerprint density at radius 3 is 2.37 bits per heavy atom. The fraction of sp³-hybridized carbons (Fsp3) is 0.312. The first-order valence-electron chi connectivity index (χ1n) is 13.9. The summed E-state index contributed by atoms with van der Waals surface area (Å²) >= 11 is 8.19. The van der Waals surface area contributed by atoms with Crippen LogP contribution in [0, 0.1) is 38.5 Å². The Morgan fingerprint density at radius 2 is 1.70 bits per heavy atom. The van der Waals surface area contributed by atoms with E-state index in [4.69, 9.17) is 16.0 Å². The fourth-order valence-corrected chi connectivity index (χ4v) is 8.20. The summed E-state index contributed by atoms with van der Waals surface area (Å²) < 4.78 is 21.0. The van der Waals surface area contributed by atoms with Gasteiger partial charge >= 0.3 is 0 Å². The van der Waals surface area contributed by atoms with Crippen LogP contribution in [0.5, 0.6) is 0 Å². The number of nitrogens with zero attached hydrogens (tertiary/aromatic N) is 2. The maximum absolute atomic E-state index is 14.3. The number of aliphatic hydroxyl groups is 1. The van der Waals surface area contributed by atoms with Gasteiger partial charge in [0.15, 0.2) is 0 Å². The van der Waals surface area contributed by atoms with Crippen molar-refractivity contribution in [2.24, 2.45) is 29.1 Å². The van der Waals surface area contributed by atoms with Crippen LogP contribution in [0.25, 0.3) is 0 Å². The lowest BCUT2D eigenvalue weighted by atomic mass is 9.52. The minimum Gasteiger partial charge on any atom is -0.463 e. The zero-order chi connectivity index (χ0) is 30.4. The van der Waals surface area contributed by atoms with Crippen LogP contribution in [-0.4, -0.2) is 28.7 Å². The summed E-state index contributed by atoms with van der Waals surface area (Å²) in [6.45, 7) is 1.36. The van der Waals surface area contributed by atoms with Gasteiger partial charge in [-0.15, -0.1) is 0 Å². The van der Waals surface area contributed by atoms with Crippen molar-refractivity contribution in [3.63, 3.8) is 0 Å². The third-order valence-electron chi connectivity index (χ3n) is 9.64. The molecule has 3 fully saturated rings. The van der Waals surface area contributed by atoms with Gasteiger partial charge in [0.05, 0.1) is 45.5 Å². The van der Waals surface area contributed by atoms with Crippen molar-refractivity contribution in [2.45, 2.75) is 32.3 Å². The van der Waals surface area contributed by atoms with E-state index in [1.165, 1.54) is 17.0 Å². The van der Waals surface area contributed by atoms with Crippen molar-refractivity contribution in [3.05, 3.63) is 92.2 Å². The third kappa shape index (κ3) is 4.02. The molecule has 3 aromatic rings. The monoisotopic (exact) mass is 714 g/mol. The zero-order valence-electron chi connectivity index (χ0n) is 22.8. The van der Waals surface area contributed by atoms with Crippen LogP contribution in [-0.2, 0) is 25.8 Å². The van der Waals surface area contributed by atoms with Crippen molar-refractivity contribution in [3.8, 4) is 0 Å². The van der Waals surface area contributed by atoms with E-state index >= 15 is 0 Å². The van der Waals surface area contributed by atoms with E-state index in [9.17, 15) is 28.7 Å². The smallest absolute Gasteiger partial charge is 0.241 e. The standard InChI is InChI=1S/C32H25ClFIN2O6/c1-32-22(29(40)37(31(32)42)17-6-10-24(34)23(33)12-17)13-21-19(27(32)25-11-7-18(14-38)43-25)8-9-20-26(21)30(41)36(28(20)39)16-4-2-15(35)3-5-16/h2-8,10-12,20-22,26-27,38H,9,13-14H2,1H3/t20-,21+,22-,26-,27+,32+/m0/s1. The van der Waals surface area contributed by atoms with E-state index in [0.29, 0.717) is 23.6 Å². The van der Waals surface area contributed by atoms with Gasteiger partial charge in [-0.2, -0.15) is 0 Å². The van der Waals surface area contributed by atoms with Crippen LogP contribution >= 0.6 is 34.2 Å². The average molecular weight is 715 g/mol. The van der Waals surface area contributed by atoms with Crippen LogP contribution in [0.1, 0.15) is 37.2 Å². The Balaban J connectivity index is 1.35. The minimum absolute atomic E-state index is 0.151. The molecule has 7 rings (SSSR count). The highest BCUT2D eigenvalue weighted by molar-refractivity contribution is 14.1. The summed E-state index contributed by atoms with van der Waals surface area (Å²) in [6.07, 6.45) is 2.40. The first-order chi connectivity index (χ1) is 20.6. The number of aliphatic hydroxyl groups excluding tert-OH is 1. The molecule has 4 aliphatic rings. The molecule has 43 heavy (non-hydrogen) atoms. The first-order valence-corrected chi connectivity index (χ1v) is 15.4. The van der Waals surface area contributed by atoms with Gasteiger partial charge in [0, 0.05) is 3.57 Å². The second kappa shape index (κ2) is 10.1. The molecule has 0 unspecified atom stereocenters. The van der Waals surface area contributed by atoms with Crippen molar-refractivity contribution in [1.82, 2.24) is 0 Å². The third-order valence-corrected chi connectivity index (χ3v) is 10.7. The molecular formula is C32H25ClFIN2O6. The van der Waals surface area contributed by atoms with Crippen LogP contribution < -0.4 is 9.80 Å². The zero-order valence-corrected chi connectivity index (χ0v) is 25.7. The fourth-order valence-electron chi connectivity index (χ4n) is 7.67. The molecule has 3 heterocycles. The van der Waals surface area contributed by atoms with Crippen LogP contribution in [0.2, 0.25) is 5.02 Å². The number of halogens is 3. The van der Waals surface area contributed by atoms with E-state index < -0.39 is 52.6 Å². The van der Waals surface area contributed by atoms with Gasteiger partial charge in [-0.3, -0.25) is 24.1 Å². The number of carbonyl (C=O) groups is 4. The lowest BCUT2D eigenvalue weighted by Crippen LogP contribution is -2.48. The van der Waals surface area contributed by atoms with Gasteiger partial charge in [-0.25, -0.2) is 9.29 Å². The Labute approximate surface area is 264 Å². The molecule has 1 aromatic heterocycles. The van der Waals surface area contributed by atoms with Gasteiger partial charge in [0.25, 0.3) is 0 Å². The highest BCUT2D eigenvalue weighted by Crippen LogP contribution is 2.63. The molecule has 6 atom stereocenters. The van der Waals surface area contributed by atoms with E-state index in [2.05, 4.69) is 22.6 Å². The number of benzene rings is 2. The highest BCUT2D eigenvalue weighted by Gasteiger charge is 2.68. The predicted molar refractivity (Wildman–Crippen MR) is 162 cm³/mol. The summed E-state index contributed by atoms with van der Waals surface area (Å²) in [6, 6.07) is 14.1. The van der Waals surface area contributed by atoms with E-state index in [1.54, 1.807) is 31.2 Å². The SMILES string of the molecule is C[C@@]12C(=O)N(c3ccc(F)c(Cl)c3)C(=O)[C@@H]1C[C@@H]1C(=CC[C@@H]3C(=O)N(c4ccc(I)cc4)C(=O)[C@@H]31)[C@@H]2c1ccc(CO)o1. The van der Waals surface area contributed by atoms with Gasteiger partial charge in [0.2, 0.25) is 23.6 Å². The number of hydrogen-bond donors (Lipinski definition) is 1. The molecule has 1 N–H and O–H groups in total. The Bertz CT molecular complexity index is 1750. The Kier molecular flexibility index (Phi) is 6.68. The molecule has 0 bridgehead atoms. The summed E-state index contributed by atoms with van der Waals surface area (Å²) in [5, 5.41) is 9.52. The van der Waals surface area contributed by atoms with Gasteiger partial charge in [-0.1, -0.05) is 23.3 Å². The van der Waals surface area contributed by atoms with Crippen LogP contribution in [0.15, 0.2) is 70.7 Å². The normalized spacial score (nSPS) is 30.0. The lowest BCUT2D eigenvalue weighted by Gasteiger charge is -2.48. The number of hydrogen-bond acceptors (Lipinski definition) is 6. The number of allylic oxidation sites excluding steroid dienone is 2. The number of anilines is 2. The summed E-state index contributed by atoms with van der Waals surface area (Å²) in [5.74, 6) is -5.03. The number of imide groups is 2. The lowest BCUT2D eigenvalue weighted by molar-refractivity contribution is -0.131. The molecule has 4 amide bonds. The molecule has 8 nitrogen and oxygen atoms in total. The molecule has 2 aliphatic carbocycles. The second-order valence-electron chi connectivity index (χ2n) is 11.7. The molecule has 2 aliphatic heterocycles. The van der Waals surface area contributed by atoms with E-state index in [0.717, 1.165) is 20.1 Å². The number of rotatable bonds is 4. The van der Waals surface area contributed by atoms with Crippen molar-refractivity contribution in [1.29, 1.82) is 0 Å². The Hall–Kier alpha value is -3.35. The van der Waals surface area contributed by atoms with Crippen LogP contribution in [0.3, 0.4) is 0 Å². The molecule has 0 spiro atoms. The highest BCUT2D eigenvalue weighted by atomic mass is 127. The van der Waals surface area contributed by atoms with Gasteiger partial charge in [0.1, 0.15) is 23.9 Å². The number of furan rings is 1. The van der Waals surface area contributed by atoms with Crippen molar-refractivity contribution < 1.29 is 33.1 Å². The molecule has 2 aromatic carbocycles. The summed E-state index contributed by atoms with van der Waals surface area (Å²) in [7, 11) is 0. The van der Waals surface area contributed by atoms with E-state index in [-0.39, 0.29) is 35.6 Å². The average Bonchev–Trinajstić information content (AvgIpc) is 3.62. The predicted octanol–water partition coefficient (Wildman–Crippen LogP) is 5.60. The molecule has 2 saturated heterocycles. The Morgan fingerprint density at radius 1 is 0.977 bits per heavy atom. The molecule has 11 heteroatoms.